The standard InChI is InChI=1S/C14H20N2O2S/c1-2-15-14(17)11-3-5-12(6-4-11)16-13-7-9-19(18)10-8-13/h3-6,13,16H,2,7-10H2,1H3,(H,15,17). The van der Waals surface area contributed by atoms with E-state index in [0.717, 1.165) is 30.0 Å². The van der Waals surface area contributed by atoms with Crippen LogP contribution in [0.25, 0.3) is 0 Å². The third-order valence-electron chi connectivity index (χ3n) is 3.24. The van der Waals surface area contributed by atoms with Gasteiger partial charge < -0.3 is 10.6 Å². The molecule has 1 saturated heterocycles. The van der Waals surface area contributed by atoms with Gasteiger partial charge in [0.15, 0.2) is 0 Å². The minimum absolute atomic E-state index is 0.0397. The molecule has 0 spiro atoms. The Hall–Kier alpha value is -1.36. The summed E-state index contributed by atoms with van der Waals surface area (Å²) in [5, 5.41) is 6.21. The fraction of sp³-hybridized carbons (Fsp3) is 0.500. The van der Waals surface area contributed by atoms with Crippen molar-refractivity contribution in [3.05, 3.63) is 29.8 Å². The van der Waals surface area contributed by atoms with Gasteiger partial charge in [0, 0.05) is 46.1 Å². The molecule has 0 atom stereocenters. The highest BCUT2D eigenvalue weighted by Gasteiger charge is 2.17. The van der Waals surface area contributed by atoms with Crippen molar-refractivity contribution in [3.63, 3.8) is 0 Å². The van der Waals surface area contributed by atoms with Crippen molar-refractivity contribution in [1.29, 1.82) is 0 Å². The van der Waals surface area contributed by atoms with E-state index >= 15 is 0 Å². The zero-order valence-electron chi connectivity index (χ0n) is 11.1. The molecule has 0 unspecified atom stereocenters. The molecular formula is C14H20N2O2S. The van der Waals surface area contributed by atoms with Gasteiger partial charge in [-0.2, -0.15) is 0 Å². The molecule has 5 heteroatoms. The van der Waals surface area contributed by atoms with Crippen molar-refractivity contribution in [3.8, 4) is 0 Å². The van der Waals surface area contributed by atoms with E-state index in [0.29, 0.717) is 18.2 Å². The van der Waals surface area contributed by atoms with Gasteiger partial charge in [-0.25, -0.2) is 0 Å². The van der Waals surface area contributed by atoms with Gasteiger partial charge in [0.05, 0.1) is 0 Å². The van der Waals surface area contributed by atoms with E-state index in [1.165, 1.54) is 0 Å². The second-order valence-corrected chi connectivity index (χ2v) is 6.40. The van der Waals surface area contributed by atoms with Crippen LogP contribution in [-0.4, -0.2) is 34.2 Å². The van der Waals surface area contributed by atoms with Crippen LogP contribution in [0.2, 0.25) is 0 Å². The number of rotatable bonds is 4. The van der Waals surface area contributed by atoms with E-state index in [2.05, 4.69) is 10.6 Å². The molecule has 0 saturated carbocycles. The lowest BCUT2D eigenvalue weighted by Gasteiger charge is -2.23. The van der Waals surface area contributed by atoms with Gasteiger partial charge in [-0.3, -0.25) is 9.00 Å². The Morgan fingerprint density at radius 3 is 2.47 bits per heavy atom. The number of nitrogens with one attached hydrogen (secondary N) is 2. The highest BCUT2D eigenvalue weighted by atomic mass is 32.2. The number of anilines is 1. The minimum Gasteiger partial charge on any atom is -0.382 e. The molecule has 1 aromatic rings. The zero-order valence-corrected chi connectivity index (χ0v) is 12.0. The number of carbonyl (C=O) groups is 1. The van der Waals surface area contributed by atoms with Crippen LogP contribution < -0.4 is 10.6 Å². The highest BCUT2D eigenvalue weighted by molar-refractivity contribution is 7.85. The monoisotopic (exact) mass is 280 g/mol. The first-order valence-corrected chi connectivity index (χ1v) is 8.17. The van der Waals surface area contributed by atoms with Crippen molar-refractivity contribution in [1.82, 2.24) is 5.32 Å². The molecule has 2 N–H and O–H groups in total. The summed E-state index contributed by atoms with van der Waals surface area (Å²) < 4.78 is 11.3. The van der Waals surface area contributed by atoms with Crippen LogP contribution in [0.5, 0.6) is 0 Å². The molecule has 0 radical (unpaired) electrons. The predicted octanol–water partition coefficient (Wildman–Crippen LogP) is 1.76. The van der Waals surface area contributed by atoms with Crippen LogP contribution >= 0.6 is 0 Å². The first-order valence-electron chi connectivity index (χ1n) is 6.69. The Morgan fingerprint density at radius 1 is 1.26 bits per heavy atom. The SMILES string of the molecule is CCNC(=O)c1ccc(NC2CCS(=O)CC2)cc1. The summed E-state index contributed by atoms with van der Waals surface area (Å²) in [7, 11) is -0.624. The molecule has 0 aromatic heterocycles. The number of carbonyl (C=O) groups excluding carboxylic acids is 1. The van der Waals surface area contributed by atoms with Gasteiger partial charge in [-0.1, -0.05) is 0 Å². The van der Waals surface area contributed by atoms with Gasteiger partial charge >= 0.3 is 0 Å². The number of hydrogen-bond acceptors (Lipinski definition) is 3. The second-order valence-electron chi connectivity index (χ2n) is 4.70. The molecule has 1 aliphatic rings. The minimum atomic E-state index is -0.624. The summed E-state index contributed by atoms with van der Waals surface area (Å²) >= 11 is 0. The Balaban J connectivity index is 1.91. The molecule has 1 fully saturated rings. The molecule has 2 rings (SSSR count). The lowest BCUT2D eigenvalue weighted by Crippen LogP contribution is -2.29. The van der Waals surface area contributed by atoms with Crippen LogP contribution in [0.4, 0.5) is 5.69 Å². The summed E-state index contributed by atoms with van der Waals surface area (Å²) in [6, 6.07) is 7.91. The molecule has 1 aliphatic heterocycles. The maximum absolute atomic E-state index is 11.6. The van der Waals surface area contributed by atoms with Crippen molar-refractivity contribution in [2.75, 3.05) is 23.4 Å². The molecule has 104 valence electrons. The summed E-state index contributed by atoms with van der Waals surface area (Å²) in [5.74, 6) is 1.53. The van der Waals surface area contributed by atoms with E-state index in [9.17, 15) is 9.00 Å². The molecular weight excluding hydrogens is 260 g/mol. The van der Waals surface area contributed by atoms with E-state index in [1.54, 1.807) is 0 Å². The normalized spacial score (nSPS) is 22.8. The zero-order chi connectivity index (χ0) is 13.7. The van der Waals surface area contributed by atoms with Crippen LogP contribution in [0.1, 0.15) is 30.1 Å². The van der Waals surface area contributed by atoms with Crippen molar-refractivity contribution < 1.29 is 9.00 Å². The number of amides is 1. The average molecular weight is 280 g/mol. The Morgan fingerprint density at radius 2 is 1.89 bits per heavy atom. The molecule has 1 aromatic carbocycles. The Kier molecular flexibility index (Phi) is 4.96. The first-order chi connectivity index (χ1) is 9.19. The van der Waals surface area contributed by atoms with Crippen LogP contribution in [0.3, 0.4) is 0 Å². The fourth-order valence-corrected chi connectivity index (χ4v) is 3.45. The van der Waals surface area contributed by atoms with E-state index in [1.807, 2.05) is 31.2 Å². The largest absolute Gasteiger partial charge is 0.382 e. The van der Waals surface area contributed by atoms with Crippen molar-refractivity contribution in [2.24, 2.45) is 0 Å². The molecule has 1 amide bonds. The predicted molar refractivity (Wildman–Crippen MR) is 79.0 cm³/mol. The van der Waals surface area contributed by atoms with Crippen molar-refractivity contribution in [2.45, 2.75) is 25.8 Å². The first kappa shape index (κ1) is 14.1. The van der Waals surface area contributed by atoms with E-state index in [-0.39, 0.29) is 5.91 Å². The van der Waals surface area contributed by atoms with E-state index in [4.69, 9.17) is 0 Å². The Bertz CT molecular complexity index is 449. The smallest absolute Gasteiger partial charge is 0.251 e. The van der Waals surface area contributed by atoms with Gasteiger partial charge in [0.1, 0.15) is 0 Å². The maximum Gasteiger partial charge on any atom is 0.251 e. The molecule has 1 heterocycles. The molecule has 0 bridgehead atoms. The summed E-state index contributed by atoms with van der Waals surface area (Å²) in [4.78, 5) is 11.6. The van der Waals surface area contributed by atoms with Crippen molar-refractivity contribution >= 4 is 22.4 Å². The highest BCUT2D eigenvalue weighted by Crippen LogP contribution is 2.17. The third-order valence-corrected chi connectivity index (χ3v) is 4.63. The van der Waals surface area contributed by atoms with Gasteiger partial charge in [0.25, 0.3) is 5.91 Å². The maximum atomic E-state index is 11.6. The Labute approximate surface area is 116 Å². The van der Waals surface area contributed by atoms with Gasteiger partial charge in [0.2, 0.25) is 0 Å². The lowest BCUT2D eigenvalue weighted by molar-refractivity contribution is 0.0956. The topological polar surface area (TPSA) is 58.2 Å². The summed E-state index contributed by atoms with van der Waals surface area (Å²) in [6.45, 7) is 2.54. The third kappa shape index (κ3) is 4.06. The quantitative estimate of drug-likeness (QED) is 0.883. The average Bonchev–Trinajstić information content (AvgIpc) is 2.42. The fourth-order valence-electron chi connectivity index (χ4n) is 2.15. The van der Waals surface area contributed by atoms with E-state index < -0.39 is 10.8 Å². The lowest BCUT2D eigenvalue weighted by atomic mass is 10.1. The van der Waals surface area contributed by atoms with Crippen LogP contribution in [0, 0.1) is 0 Å². The molecule has 19 heavy (non-hydrogen) atoms. The number of hydrogen-bond donors (Lipinski definition) is 2. The second kappa shape index (κ2) is 6.70. The van der Waals surface area contributed by atoms with Gasteiger partial charge in [-0.05, 0) is 44.0 Å². The molecule has 0 aliphatic carbocycles. The summed E-state index contributed by atoms with van der Waals surface area (Å²) in [6.07, 6.45) is 1.90. The molecule has 4 nitrogen and oxygen atoms in total. The van der Waals surface area contributed by atoms with Gasteiger partial charge in [-0.15, -0.1) is 0 Å². The summed E-state index contributed by atoms with van der Waals surface area (Å²) in [5.41, 5.74) is 1.70. The van der Waals surface area contributed by atoms with Crippen LogP contribution in [0.15, 0.2) is 24.3 Å². The number of benzene rings is 1. The van der Waals surface area contributed by atoms with Crippen LogP contribution in [-0.2, 0) is 10.8 Å².